The van der Waals surface area contributed by atoms with Crippen molar-refractivity contribution in [1.29, 1.82) is 0 Å². The van der Waals surface area contributed by atoms with Gasteiger partial charge in [0.05, 0.1) is 12.3 Å². The van der Waals surface area contributed by atoms with Crippen LogP contribution in [-0.4, -0.2) is 42.8 Å². The minimum Gasteiger partial charge on any atom is -0.475 e. The lowest BCUT2D eigenvalue weighted by atomic mass is 10.1. The molecule has 0 spiro atoms. The molecule has 2 amide bonds. The van der Waals surface area contributed by atoms with Crippen molar-refractivity contribution in [2.24, 2.45) is 0 Å². The number of fused-ring (bicyclic) bond motifs is 1. The normalized spacial score (nSPS) is 13.3. The lowest BCUT2D eigenvalue weighted by molar-refractivity contribution is 0.143. The van der Waals surface area contributed by atoms with Gasteiger partial charge in [0, 0.05) is 38.4 Å². The van der Waals surface area contributed by atoms with Crippen LogP contribution in [0.1, 0.15) is 22.4 Å². The van der Waals surface area contributed by atoms with Crippen LogP contribution in [0.5, 0.6) is 5.88 Å². The van der Waals surface area contributed by atoms with Gasteiger partial charge in [-0.1, -0.05) is 23.8 Å². The summed E-state index contributed by atoms with van der Waals surface area (Å²) in [6, 6.07) is 9.77. The predicted molar refractivity (Wildman–Crippen MR) is 101 cm³/mol. The van der Waals surface area contributed by atoms with E-state index < -0.39 is 0 Å². The van der Waals surface area contributed by atoms with E-state index in [4.69, 9.17) is 9.47 Å². The maximum atomic E-state index is 12.6. The topological polar surface area (TPSA) is 63.7 Å². The van der Waals surface area contributed by atoms with Crippen LogP contribution < -0.4 is 10.1 Å². The highest BCUT2D eigenvalue weighted by Crippen LogP contribution is 2.22. The Morgan fingerprint density at radius 2 is 2.08 bits per heavy atom. The summed E-state index contributed by atoms with van der Waals surface area (Å²) in [4.78, 5) is 19.0. The Labute approximate surface area is 154 Å². The minimum atomic E-state index is -0.0805. The lowest BCUT2D eigenvalue weighted by Crippen LogP contribution is -2.39. The van der Waals surface area contributed by atoms with Gasteiger partial charge in [-0.3, -0.25) is 0 Å². The molecule has 0 fully saturated rings. The van der Waals surface area contributed by atoms with Gasteiger partial charge in [-0.05, 0) is 31.0 Å². The zero-order valence-electron chi connectivity index (χ0n) is 15.5. The Morgan fingerprint density at radius 1 is 1.23 bits per heavy atom. The van der Waals surface area contributed by atoms with Crippen molar-refractivity contribution in [1.82, 2.24) is 9.88 Å². The molecule has 1 N–H and O–H groups in total. The fourth-order valence-corrected chi connectivity index (χ4v) is 3.03. The first-order valence-electron chi connectivity index (χ1n) is 8.80. The van der Waals surface area contributed by atoms with Crippen molar-refractivity contribution < 1.29 is 14.3 Å². The molecule has 0 atom stereocenters. The van der Waals surface area contributed by atoms with Gasteiger partial charge in [-0.15, -0.1) is 0 Å². The van der Waals surface area contributed by atoms with E-state index in [9.17, 15) is 4.79 Å². The van der Waals surface area contributed by atoms with Gasteiger partial charge in [0.2, 0.25) is 5.88 Å². The molecule has 0 unspecified atom stereocenters. The molecule has 138 valence electrons. The average Bonchev–Trinajstić information content (AvgIpc) is 2.63. The maximum absolute atomic E-state index is 12.6. The van der Waals surface area contributed by atoms with Crippen LogP contribution in [0.15, 0.2) is 30.3 Å². The second-order valence-electron chi connectivity index (χ2n) is 6.52. The highest BCUT2D eigenvalue weighted by Gasteiger charge is 2.22. The standard InChI is InChI=1S/C20H25N3O3/c1-14-4-6-17(15(2)12-14)22-20(24)23-9-8-18-16(13-23)5-7-19(21-18)26-11-10-25-3/h4-7,12H,8-11,13H2,1-3H3,(H,22,24). The molecule has 1 aromatic heterocycles. The highest BCUT2D eigenvalue weighted by molar-refractivity contribution is 5.90. The fraction of sp³-hybridized carbons (Fsp3) is 0.400. The van der Waals surface area contributed by atoms with Crippen LogP contribution >= 0.6 is 0 Å². The van der Waals surface area contributed by atoms with Gasteiger partial charge in [-0.2, -0.15) is 0 Å². The number of pyridine rings is 1. The van der Waals surface area contributed by atoms with Gasteiger partial charge in [0.25, 0.3) is 0 Å². The zero-order valence-corrected chi connectivity index (χ0v) is 15.5. The van der Waals surface area contributed by atoms with Gasteiger partial charge in [-0.25, -0.2) is 9.78 Å². The smallest absolute Gasteiger partial charge is 0.322 e. The zero-order chi connectivity index (χ0) is 18.5. The number of aromatic nitrogens is 1. The summed E-state index contributed by atoms with van der Waals surface area (Å²) >= 11 is 0. The molecule has 3 rings (SSSR count). The third kappa shape index (κ3) is 4.32. The van der Waals surface area contributed by atoms with Crippen molar-refractivity contribution in [2.45, 2.75) is 26.8 Å². The summed E-state index contributed by atoms with van der Waals surface area (Å²) in [5, 5.41) is 3.01. The summed E-state index contributed by atoms with van der Waals surface area (Å²) in [5.41, 5.74) is 5.16. The number of urea groups is 1. The predicted octanol–water partition coefficient (Wildman–Crippen LogP) is 3.31. The number of nitrogens with zero attached hydrogens (tertiary/aromatic N) is 2. The molecular formula is C20H25N3O3. The van der Waals surface area contributed by atoms with Crippen molar-refractivity contribution in [2.75, 3.05) is 32.2 Å². The number of carbonyl (C=O) groups excluding carboxylic acids is 1. The van der Waals surface area contributed by atoms with Gasteiger partial charge in [0.15, 0.2) is 0 Å². The first-order chi connectivity index (χ1) is 12.6. The van der Waals surface area contributed by atoms with Gasteiger partial charge >= 0.3 is 6.03 Å². The summed E-state index contributed by atoms with van der Waals surface area (Å²) in [7, 11) is 1.64. The summed E-state index contributed by atoms with van der Waals surface area (Å²) in [6.07, 6.45) is 0.719. The van der Waals surface area contributed by atoms with Gasteiger partial charge in [0.1, 0.15) is 6.61 Å². The summed E-state index contributed by atoms with van der Waals surface area (Å²) < 4.78 is 10.5. The molecule has 0 aliphatic carbocycles. The fourth-order valence-electron chi connectivity index (χ4n) is 3.03. The largest absolute Gasteiger partial charge is 0.475 e. The Hall–Kier alpha value is -2.60. The van der Waals surface area contributed by atoms with Crippen LogP contribution in [-0.2, 0) is 17.7 Å². The van der Waals surface area contributed by atoms with Crippen molar-refractivity contribution in [3.8, 4) is 5.88 Å². The number of carbonyl (C=O) groups is 1. The SMILES string of the molecule is COCCOc1ccc2c(n1)CCN(C(=O)Nc1ccc(C)cc1C)C2. The first-order valence-corrected chi connectivity index (χ1v) is 8.80. The molecule has 1 aromatic carbocycles. The van der Waals surface area contributed by atoms with E-state index in [2.05, 4.69) is 16.4 Å². The molecule has 6 heteroatoms. The molecule has 2 heterocycles. The van der Waals surface area contributed by atoms with Crippen molar-refractivity contribution >= 4 is 11.7 Å². The summed E-state index contributed by atoms with van der Waals surface area (Å²) in [5.74, 6) is 0.606. The number of aryl methyl sites for hydroxylation is 2. The van der Waals surface area contributed by atoms with Crippen LogP contribution in [0.3, 0.4) is 0 Å². The van der Waals surface area contributed by atoms with E-state index in [0.29, 0.717) is 32.2 Å². The highest BCUT2D eigenvalue weighted by atomic mass is 16.5. The monoisotopic (exact) mass is 355 g/mol. The number of hydrogen-bond acceptors (Lipinski definition) is 4. The molecule has 2 aromatic rings. The van der Waals surface area contributed by atoms with E-state index in [1.807, 2.05) is 43.0 Å². The molecule has 0 saturated heterocycles. The van der Waals surface area contributed by atoms with Crippen LogP contribution in [0.4, 0.5) is 10.5 Å². The van der Waals surface area contributed by atoms with E-state index >= 15 is 0 Å². The number of ether oxygens (including phenoxy) is 2. The average molecular weight is 355 g/mol. The molecule has 0 saturated carbocycles. The van der Waals surface area contributed by atoms with Crippen LogP contribution in [0, 0.1) is 13.8 Å². The quantitative estimate of drug-likeness (QED) is 0.836. The number of hydrogen-bond donors (Lipinski definition) is 1. The number of rotatable bonds is 5. The molecule has 1 aliphatic rings. The number of nitrogens with one attached hydrogen (secondary N) is 1. The molecule has 0 radical (unpaired) electrons. The second kappa shape index (κ2) is 8.19. The Kier molecular flexibility index (Phi) is 5.73. The number of methoxy groups -OCH3 is 1. The molecule has 6 nitrogen and oxygen atoms in total. The third-order valence-electron chi connectivity index (χ3n) is 4.47. The number of anilines is 1. The van der Waals surface area contributed by atoms with Crippen molar-refractivity contribution in [3.05, 3.63) is 52.7 Å². The first kappa shape index (κ1) is 18.2. The molecular weight excluding hydrogens is 330 g/mol. The van der Waals surface area contributed by atoms with E-state index in [1.54, 1.807) is 7.11 Å². The molecule has 0 bridgehead atoms. The summed E-state index contributed by atoms with van der Waals surface area (Å²) in [6.45, 7) is 6.25. The van der Waals surface area contributed by atoms with E-state index in [-0.39, 0.29) is 6.03 Å². The van der Waals surface area contributed by atoms with Crippen molar-refractivity contribution in [3.63, 3.8) is 0 Å². The number of benzene rings is 1. The lowest BCUT2D eigenvalue weighted by Gasteiger charge is -2.28. The van der Waals surface area contributed by atoms with E-state index in [1.165, 1.54) is 5.56 Å². The Balaban J connectivity index is 1.63. The Bertz CT molecular complexity index is 792. The van der Waals surface area contributed by atoms with E-state index in [0.717, 1.165) is 28.9 Å². The van der Waals surface area contributed by atoms with Gasteiger partial charge < -0.3 is 19.7 Å². The Morgan fingerprint density at radius 3 is 2.85 bits per heavy atom. The minimum absolute atomic E-state index is 0.0805. The van der Waals surface area contributed by atoms with Crippen LogP contribution in [0.2, 0.25) is 0 Å². The number of amides is 2. The molecule has 1 aliphatic heterocycles. The second-order valence-corrected chi connectivity index (χ2v) is 6.52. The van der Waals surface area contributed by atoms with Crippen LogP contribution in [0.25, 0.3) is 0 Å². The molecule has 26 heavy (non-hydrogen) atoms. The third-order valence-corrected chi connectivity index (χ3v) is 4.47. The maximum Gasteiger partial charge on any atom is 0.322 e.